The van der Waals surface area contributed by atoms with Gasteiger partial charge in [-0.25, -0.2) is 13.8 Å². The van der Waals surface area contributed by atoms with Gasteiger partial charge in [-0.15, -0.1) is 0 Å². The number of nitrogens with one attached hydrogen (secondary N) is 1. The lowest BCUT2D eigenvalue weighted by molar-refractivity contribution is 0.0150. The molecule has 0 atom stereocenters. The van der Waals surface area contributed by atoms with E-state index in [-0.39, 0.29) is 16.9 Å². The highest BCUT2D eigenvalue weighted by Gasteiger charge is 2.29. The molecule has 0 aliphatic carbocycles. The van der Waals surface area contributed by atoms with Gasteiger partial charge in [-0.1, -0.05) is 0 Å². The van der Waals surface area contributed by atoms with Gasteiger partial charge >= 0.3 is 0 Å². The number of pyridine rings is 1. The van der Waals surface area contributed by atoms with Crippen molar-refractivity contribution in [2.75, 3.05) is 12.4 Å². The maximum Gasteiger partial charge on any atom is 0.274 e. The van der Waals surface area contributed by atoms with Gasteiger partial charge in [-0.3, -0.25) is 4.79 Å². The van der Waals surface area contributed by atoms with Crippen LogP contribution in [0.5, 0.6) is 5.75 Å². The number of hydrogen-bond donors (Lipinski definition) is 1. The van der Waals surface area contributed by atoms with Gasteiger partial charge in [0, 0.05) is 29.9 Å². The topological polar surface area (TPSA) is 77.2 Å². The molecule has 0 fully saturated rings. The third-order valence-electron chi connectivity index (χ3n) is 4.49. The molecule has 6 nitrogen and oxygen atoms in total. The van der Waals surface area contributed by atoms with Crippen molar-refractivity contribution in [1.82, 2.24) is 9.97 Å². The molecule has 2 heterocycles. The van der Waals surface area contributed by atoms with Crippen LogP contribution in [0.15, 0.2) is 65.2 Å². The smallest absolute Gasteiger partial charge is 0.274 e. The molecule has 1 N–H and O–H groups in total. The predicted molar refractivity (Wildman–Crippen MR) is 108 cm³/mol. The van der Waals surface area contributed by atoms with Gasteiger partial charge < -0.3 is 14.5 Å². The van der Waals surface area contributed by atoms with E-state index in [2.05, 4.69) is 15.3 Å². The monoisotopic (exact) mass is 409 g/mol. The zero-order chi connectivity index (χ0) is 21.3. The van der Waals surface area contributed by atoms with Gasteiger partial charge in [-0.2, -0.15) is 4.98 Å². The molecule has 8 heteroatoms. The van der Waals surface area contributed by atoms with Crippen molar-refractivity contribution in [3.63, 3.8) is 0 Å². The summed E-state index contributed by atoms with van der Waals surface area (Å²) in [6.07, 6.45) is 1.63. The number of nitrogens with zero attached hydrogens (tertiary/aromatic N) is 2. The Kier molecular flexibility index (Phi) is 4.91. The number of halogens is 2. The summed E-state index contributed by atoms with van der Waals surface area (Å²) in [5.74, 6) is -3.22. The Hall–Kier alpha value is -3.81. The average molecular weight is 409 g/mol. The Bertz CT molecular complexity index is 1180. The average Bonchev–Trinajstić information content (AvgIpc) is 3.17. The first-order valence-corrected chi connectivity index (χ1v) is 9.05. The van der Waals surface area contributed by atoms with E-state index in [1.54, 1.807) is 42.6 Å². The lowest BCUT2D eigenvalue weighted by Gasteiger charge is -2.16. The molecule has 4 aromatic rings. The molecule has 2 aromatic carbocycles. The molecule has 0 aliphatic heterocycles. The van der Waals surface area contributed by atoms with Crippen LogP contribution in [0.25, 0.3) is 22.7 Å². The van der Waals surface area contributed by atoms with Crippen LogP contribution in [0, 0.1) is 0 Å². The van der Waals surface area contributed by atoms with E-state index in [1.165, 1.54) is 19.2 Å². The number of methoxy groups -OCH3 is 1. The van der Waals surface area contributed by atoms with Crippen molar-refractivity contribution in [1.29, 1.82) is 0 Å². The largest absolute Gasteiger partial charge is 0.496 e. The van der Waals surface area contributed by atoms with Crippen LogP contribution < -0.4 is 10.1 Å². The Morgan fingerprint density at radius 1 is 1.13 bits per heavy atom. The van der Waals surface area contributed by atoms with Crippen molar-refractivity contribution in [3.05, 3.63) is 71.9 Å². The van der Waals surface area contributed by atoms with Crippen LogP contribution >= 0.6 is 0 Å². The Labute approximate surface area is 170 Å². The van der Waals surface area contributed by atoms with E-state index in [0.29, 0.717) is 28.4 Å². The number of ether oxygens (including phenoxy) is 1. The van der Waals surface area contributed by atoms with Gasteiger partial charge in [0.25, 0.3) is 11.8 Å². The zero-order valence-electron chi connectivity index (χ0n) is 16.1. The van der Waals surface area contributed by atoms with Crippen molar-refractivity contribution in [2.24, 2.45) is 0 Å². The minimum atomic E-state index is -3.14. The number of fused-ring (bicyclic) bond motifs is 1. The fourth-order valence-corrected chi connectivity index (χ4v) is 2.98. The second-order valence-corrected chi connectivity index (χ2v) is 6.68. The number of benzene rings is 2. The molecule has 0 radical (unpaired) electrons. The normalized spacial score (nSPS) is 11.5. The zero-order valence-corrected chi connectivity index (χ0v) is 16.1. The van der Waals surface area contributed by atoms with E-state index < -0.39 is 11.8 Å². The molecule has 0 unspecified atom stereocenters. The summed E-state index contributed by atoms with van der Waals surface area (Å²) in [4.78, 5) is 21.0. The highest BCUT2D eigenvalue weighted by molar-refractivity contribution is 6.04. The molecule has 2 aromatic heterocycles. The van der Waals surface area contributed by atoms with Crippen LogP contribution in [0.2, 0.25) is 0 Å². The number of oxazole rings is 1. The fraction of sp³-hybridized carbons (Fsp3) is 0.136. The highest BCUT2D eigenvalue weighted by atomic mass is 19.3. The van der Waals surface area contributed by atoms with Crippen molar-refractivity contribution in [2.45, 2.75) is 12.8 Å². The van der Waals surface area contributed by atoms with E-state index in [0.717, 1.165) is 13.0 Å². The molecule has 0 aliphatic rings. The molecular weight excluding hydrogens is 392 g/mol. The number of amides is 1. The number of carbonyl (C=O) groups excluding carboxylic acids is 1. The number of alkyl halides is 2. The minimum Gasteiger partial charge on any atom is -0.496 e. The summed E-state index contributed by atoms with van der Waals surface area (Å²) in [7, 11) is 1.30. The number of carbonyl (C=O) groups is 1. The number of hydrogen-bond acceptors (Lipinski definition) is 5. The van der Waals surface area contributed by atoms with Crippen LogP contribution in [0.1, 0.15) is 22.8 Å². The second kappa shape index (κ2) is 7.55. The van der Waals surface area contributed by atoms with Gasteiger partial charge in [0.1, 0.15) is 5.75 Å². The van der Waals surface area contributed by atoms with Crippen LogP contribution in [0.4, 0.5) is 14.5 Å². The summed E-state index contributed by atoms with van der Waals surface area (Å²) in [6, 6.07) is 14.3. The number of aromatic nitrogens is 2. The lowest BCUT2D eigenvalue weighted by Crippen LogP contribution is -2.15. The minimum absolute atomic E-state index is 0.0243. The predicted octanol–water partition coefficient (Wildman–Crippen LogP) is 5.26. The lowest BCUT2D eigenvalue weighted by atomic mass is 10.0. The van der Waals surface area contributed by atoms with Gasteiger partial charge in [0.05, 0.1) is 12.7 Å². The van der Waals surface area contributed by atoms with Crippen LogP contribution in [-0.4, -0.2) is 23.0 Å². The third-order valence-corrected chi connectivity index (χ3v) is 4.49. The molecule has 4 rings (SSSR count). The van der Waals surface area contributed by atoms with E-state index in [9.17, 15) is 13.6 Å². The third kappa shape index (κ3) is 3.84. The SMILES string of the molecule is COc1ccc(C(=O)Nc2ccc(-c3nc4ncccc4o3)cc2)cc1C(C)(F)F. The molecule has 30 heavy (non-hydrogen) atoms. The van der Waals surface area contributed by atoms with Crippen LogP contribution in [0.3, 0.4) is 0 Å². The quantitative estimate of drug-likeness (QED) is 0.486. The molecule has 0 spiro atoms. The maximum absolute atomic E-state index is 13.8. The van der Waals surface area contributed by atoms with E-state index in [1.807, 2.05) is 0 Å². The number of rotatable bonds is 5. The fourth-order valence-electron chi connectivity index (χ4n) is 2.98. The Morgan fingerprint density at radius 2 is 1.90 bits per heavy atom. The first-order valence-electron chi connectivity index (χ1n) is 9.05. The molecular formula is C22H17F2N3O3. The standard InChI is InChI=1S/C22H17F2N3O3/c1-22(23,24)16-12-14(7-10-17(16)29-2)20(28)26-15-8-5-13(6-9-15)21-27-19-18(30-21)4-3-11-25-19/h3-12H,1-2H3,(H,26,28). The molecule has 1 amide bonds. The maximum atomic E-state index is 13.8. The Morgan fingerprint density at radius 3 is 2.57 bits per heavy atom. The first kappa shape index (κ1) is 19.5. The molecule has 0 saturated heterocycles. The van der Waals surface area contributed by atoms with Crippen molar-refractivity contribution in [3.8, 4) is 17.2 Å². The van der Waals surface area contributed by atoms with E-state index >= 15 is 0 Å². The summed E-state index contributed by atoms with van der Waals surface area (Å²) in [5, 5.41) is 2.69. The summed E-state index contributed by atoms with van der Waals surface area (Å²) >= 11 is 0. The summed E-state index contributed by atoms with van der Waals surface area (Å²) in [5.41, 5.74) is 2.04. The highest BCUT2D eigenvalue weighted by Crippen LogP contribution is 2.35. The van der Waals surface area contributed by atoms with Gasteiger partial charge in [0.15, 0.2) is 11.2 Å². The van der Waals surface area contributed by atoms with Crippen LogP contribution in [-0.2, 0) is 5.92 Å². The van der Waals surface area contributed by atoms with Crippen molar-refractivity contribution < 1.29 is 22.7 Å². The first-order chi connectivity index (χ1) is 14.3. The Balaban J connectivity index is 1.54. The second-order valence-electron chi connectivity index (χ2n) is 6.68. The molecule has 0 bridgehead atoms. The van der Waals surface area contributed by atoms with E-state index in [4.69, 9.17) is 9.15 Å². The van der Waals surface area contributed by atoms with Gasteiger partial charge in [0.2, 0.25) is 5.89 Å². The summed E-state index contributed by atoms with van der Waals surface area (Å²) in [6.45, 7) is 0.757. The summed E-state index contributed by atoms with van der Waals surface area (Å²) < 4.78 is 38.3. The van der Waals surface area contributed by atoms with Gasteiger partial charge in [-0.05, 0) is 54.6 Å². The molecule has 152 valence electrons. The molecule has 0 saturated carbocycles. The van der Waals surface area contributed by atoms with Crippen molar-refractivity contribution >= 4 is 22.8 Å². The number of anilines is 1.